The first-order chi connectivity index (χ1) is 9.74. The Balaban J connectivity index is 2.18. The molecule has 0 fully saturated rings. The highest BCUT2D eigenvalue weighted by molar-refractivity contribution is 6.28. The van der Waals surface area contributed by atoms with E-state index in [0.717, 1.165) is 5.56 Å². The first-order valence-electron chi connectivity index (χ1n) is 6.57. The van der Waals surface area contributed by atoms with Crippen molar-refractivity contribution in [3.8, 4) is 0 Å². The van der Waals surface area contributed by atoms with Crippen LogP contribution < -0.4 is 5.73 Å². The zero-order valence-corrected chi connectivity index (χ0v) is 10.9. The van der Waals surface area contributed by atoms with Gasteiger partial charge in [-0.3, -0.25) is 9.59 Å². The maximum absolute atomic E-state index is 12.6. The van der Waals surface area contributed by atoms with Crippen LogP contribution >= 0.6 is 0 Å². The molecule has 3 rings (SSSR count). The second kappa shape index (κ2) is 5.02. The van der Waals surface area contributed by atoms with Crippen LogP contribution in [0.25, 0.3) is 0 Å². The van der Waals surface area contributed by atoms with Crippen molar-refractivity contribution in [3.05, 3.63) is 76.8 Å². The van der Waals surface area contributed by atoms with E-state index in [0.29, 0.717) is 35.1 Å². The van der Waals surface area contributed by atoms with Gasteiger partial charge in [0.1, 0.15) is 0 Å². The summed E-state index contributed by atoms with van der Waals surface area (Å²) in [5, 5.41) is 0. The maximum Gasteiger partial charge on any atom is 0.194 e. The van der Waals surface area contributed by atoms with E-state index in [1.165, 1.54) is 0 Å². The fraction of sp³-hybridized carbons (Fsp3) is 0.118. The standard InChI is InChI=1S/C17H14NO2/c18-10-4-6-11-5-3-9-14-15(11)17(20)13-8-2-1-7-12(13)16(14)19/h1-3,5,7-10H,4,6,18H2. The Labute approximate surface area is 117 Å². The number of ketones is 2. The van der Waals surface area contributed by atoms with Crippen LogP contribution in [-0.2, 0) is 6.42 Å². The molecule has 0 saturated carbocycles. The monoisotopic (exact) mass is 264 g/mol. The van der Waals surface area contributed by atoms with E-state index in [-0.39, 0.29) is 11.6 Å². The first kappa shape index (κ1) is 12.8. The topological polar surface area (TPSA) is 60.2 Å². The Morgan fingerprint density at radius 3 is 2.20 bits per heavy atom. The predicted molar refractivity (Wildman–Crippen MR) is 76.6 cm³/mol. The number of fused-ring (bicyclic) bond motifs is 2. The molecule has 99 valence electrons. The number of carbonyl (C=O) groups is 2. The Bertz CT molecular complexity index is 704. The van der Waals surface area contributed by atoms with Crippen molar-refractivity contribution < 1.29 is 9.59 Å². The van der Waals surface area contributed by atoms with Gasteiger partial charge >= 0.3 is 0 Å². The summed E-state index contributed by atoms with van der Waals surface area (Å²) in [5.41, 5.74) is 8.33. The first-order valence-corrected chi connectivity index (χ1v) is 6.57. The fourth-order valence-electron chi connectivity index (χ4n) is 2.66. The van der Waals surface area contributed by atoms with Crippen LogP contribution in [0, 0.1) is 6.54 Å². The molecular weight excluding hydrogens is 250 g/mol. The summed E-state index contributed by atoms with van der Waals surface area (Å²) in [7, 11) is 0. The van der Waals surface area contributed by atoms with Crippen molar-refractivity contribution in [2.75, 3.05) is 0 Å². The van der Waals surface area contributed by atoms with Gasteiger partial charge in [0, 0.05) is 28.8 Å². The highest BCUT2D eigenvalue weighted by Crippen LogP contribution is 2.29. The smallest absolute Gasteiger partial charge is 0.194 e. The molecule has 2 aromatic carbocycles. The van der Waals surface area contributed by atoms with Gasteiger partial charge in [-0.05, 0) is 18.4 Å². The molecule has 0 bridgehead atoms. The summed E-state index contributed by atoms with van der Waals surface area (Å²) in [6.45, 7) is 1.57. The molecule has 1 aliphatic carbocycles. The van der Waals surface area contributed by atoms with Crippen molar-refractivity contribution in [1.29, 1.82) is 0 Å². The normalized spacial score (nSPS) is 13.1. The lowest BCUT2D eigenvalue weighted by Gasteiger charge is -2.19. The second-order valence-corrected chi connectivity index (χ2v) is 4.82. The van der Waals surface area contributed by atoms with Gasteiger partial charge in [0.05, 0.1) is 0 Å². The average molecular weight is 264 g/mol. The number of rotatable bonds is 3. The van der Waals surface area contributed by atoms with Crippen LogP contribution in [0.3, 0.4) is 0 Å². The van der Waals surface area contributed by atoms with Crippen LogP contribution in [0.1, 0.15) is 43.8 Å². The van der Waals surface area contributed by atoms with Gasteiger partial charge < -0.3 is 5.73 Å². The molecule has 2 N–H and O–H groups in total. The maximum atomic E-state index is 12.6. The molecule has 0 spiro atoms. The summed E-state index contributed by atoms with van der Waals surface area (Å²) in [5.74, 6) is -0.142. The van der Waals surface area contributed by atoms with Crippen molar-refractivity contribution in [1.82, 2.24) is 0 Å². The number of nitrogens with two attached hydrogens (primary N) is 1. The summed E-state index contributed by atoms with van der Waals surface area (Å²) < 4.78 is 0. The van der Waals surface area contributed by atoms with Crippen LogP contribution in [0.2, 0.25) is 0 Å². The van der Waals surface area contributed by atoms with E-state index in [2.05, 4.69) is 0 Å². The second-order valence-electron chi connectivity index (χ2n) is 4.82. The summed E-state index contributed by atoms with van der Waals surface area (Å²) in [6.07, 6.45) is 1.35. The van der Waals surface area contributed by atoms with E-state index >= 15 is 0 Å². The Morgan fingerprint density at radius 1 is 0.850 bits per heavy atom. The molecule has 1 radical (unpaired) electrons. The summed E-state index contributed by atoms with van der Waals surface area (Å²) in [4.78, 5) is 25.1. The molecule has 3 nitrogen and oxygen atoms in total. The zero-order valence-electron chi connectivity index (χ0n) is 10.9. The Morgan fingerprint density at radius 2 is 1.50 bits per heavy atom. The number of aryl methyl sites for hydroxylation is 1. The molecule has 1 aliphatic rings. The van der Waals surface area contributed by atoms with E-state index in [4.69, 9.17) is 5.73 Å². The van der Waals surface area contributed by atoms with Crippen molar-refractivity contribution in [2.24, 2.45) is 5.73 Å². The van der Waals surface area contributed by atoms with E-state index < -0.39 is 0 Å². The zero-order chi connectivity index (χ0) is 14.1. The highest BCUT2D eigenvalue weighted by Gasteiger charge is 2.30. The quantitative estimate of drug-likeness (QED) is 0.790. The molecule has 0 unspecified atom stereocenters. The van der Waals surface area contributed by atoms with Crippen LogP contribution in [0.15, 0.2) is 42.5 Å². The predicted octanol–water partition coefficient (Wildman–Crippen LogP) is 2.52. The van der Waals surface area contributed by atoms with Crippen LogP contribution in [0.5, 0.6) is 0 Å². The molecule has 0 heterocycles. The third-order valence-electron chi connectivity index (χ3n) is 3.62. The van der Waals surface area contributed by atoms with Crippen LogP contribution in [0.4, 0.5) is 0 Å². The number of benzene rings is 2. The molecular formula is C17H14NO2. The lowest BCUT2D eigenvalue weighted by molar-refractivity contribution is 0.0978. The molecule has 0 atom stereocenters. The van der Waals surface area contributed by atoms with E-state index in [1.807, 2.05) is 12.1 Å². The molecule has 3 heteroatoms. The van der Waals surface area contributed by atoms with Gasteiger partial charge in [0.2, 0.25) is 0 Å². The minimum Gasteiger partial charge on any atom is -0.326 e. The van der Waals surface area contributed by atoms with Crippen molar-refractivity contribution >= 4 is 11.6 Å². The fourth-order valence-corrected chi connectivity index (χ4v) is 2.66. The largest absolute Gasteiger partial charge is 0.326 e. The minimum atomic E-state index is -0.0752. The van der Waals surface area contributed by atoms with Crippen molar-refractivity contribution in [2.45, 2.75) is 12.8 Å². The minimum absolute atomic E-state index is 0.0668. The molecule has 2 aromatic rings. The SMILES string of the molecule is N[CH]CCc1cccc2c1C(=O)c1ccccc1C2=O. The molecule has 0 saturated heterocycles. The van der Waals surface area contributed by atoms with Crippen molar-refractivity contribution in [3.63, 3.8) is 0 Å². The number of hydrogen-bond acceptors (Lipinski definition) is 3. The Kier molecular flexibility index (Phi) is 3.20. The number of hydrogen-bond donors (Lipinski definition) is 1. The molecule has 20 heavy (non-hydrogen) atoms. The van der Waals surface area contributed by atoms with E-state index in [9.17, 15) is 9.59 Å². The van der Waals surface area contributed by atoms with Gasteiger partial charge in [0.15, 0.2) is 11.6 Å². The highest BCUT2D eigenvalue weighted by atomic mass is 16.1. The summed E-state index contributed by atoms with van der Waals surface area (Å²) in [6, 6.07) is 12.4. The lowest BCUT2D eigenvalue weighted by Crippen LogP contribution is -2.22. The molecule has 0 aromatic heterocycles. The van der Waals surface area contributed by atoms with Gasteiger partial charge in [-0.1, -0.05) is 42.5 Å². The third-order valence-corrected chi connectivity index (χ3v) is 3.62. The number of carbonyl (C=O) groups excluding carboxylic acids is 2. The average Bonchev–Trinajstić information content (AvgIpc) is 2.50. The van der Waals surface area contributed by atoms with Crippen LogP contribution in [-0.4, -0.2) is 11.6 Å². The van der Waals surface area contributed by atoms with Gasteiger partial charge in [-0.2, -0.15) is 0 Å². The molecule has 0 amide bonds. The van der Waals surface area contributed by atoms with E-state index in [1.54, 1.807) is 36.9 Å². The molecule has 0 aliphatic heterocycles. The van der Waals surface area contributed by atoms with Gasteiger partial charge in [-0.15, -0.1) is 0 Å². The van der Waals surface area contributed by atoms with Gasteiger partial charge in [0.25, 0.3) is 0 Å². The van der Waals surface area contributed by atoms with Gasteiger partial charge in [-0.25, -0.2) is 0 Å². The lowest BCUT2D eigenvalue weighted by atomic mass is 9.81. The Hall–Kier alpha value is -2.26. The third kappa shape index (κ3) is 1.87. The summed E-state index contributed by atoms with van der Waals surface area (Å²) >= 11 is 0.